The van der Waals surface area contributed by atoms with Crippen LogP contribution in [0.3, 0.4) is 0 Å². The van der Waals surface area contributed by atoms with E-state index in [4.69, 9.17) is 9.47 Å². The van der Waals surface area contributed by atoms with Crippen molar-refractivity contribution in [2.45, 2.75) is 68.4 Å². The molecule has 3 aliphatic rings. The third-order valence-corrected chi connectivity index (χ3v) is 9.32. The number of nitrogens with one attached hydrogen (secondary N) is 2. The van der Waals surface area contributed by atoms with E-state index in [0.717, 1.165) is 18.8 Å². The van der Waals surface area contributed by atoms with Crippen LogP contribution in [0.4, 0.5) is 24.8 Å². The van der Waals surface area contributed by atoms with Crippen molar-refractivity contribution in [3.63, 3.8) is 0 Å². The van der Waals surface area contributed by atoms with Gasteiger partial charge in [0, 0.05) is 62.6 Å². The molecule has 0 bridgehead atoms. The van der Waals surface area contributed by atoms with Crippen molar-refractivity contribution >= 4 is 21.7 Å². The second kappa shape index (κ2) is 11.7. The molecule has 40 heavy (non-hydrogen) atoms. The molecule has 0 aliphatic carbocycles. The van der Waals surface area contributed by atoms with Gasteiger partial charge in [0.05, 0.1) is 18.1 Å². The summed E-state index contributed by atoms with van der Waals surface area (Å²) in [5, 5.41) is 6.54. The molecular weight excluding hydrogens is 549 g/mol. The summed E-state index contributed by atoms with van der Waals surface area (Å²) in [6.45, 7) is 7.10. The summed E-state index contributed by atoms with van der Waals surface area (Å²) in [7, 11) is -3.68. The van der Waals surface area contributed by atoms with Gasteiger partial charge in [0.1, 0.15) is 11.7 Å². The van der Waals surface area contributed by atoms with E-state index in [0.29, 0.717) is 44.1 Å². The number of sulfonamides is 1. The van der Waals surface area contributed by atoms with Crippen LogP contribution < -0.4 is 20.3 Å². The Morgan fingerprint density at radius 1 is 1.07 bits per heavy atom. The van der Waals surface area contributed by atoms with Crippen molar-refractivity contribution in [2.75, 3.05) is 49.6 Å². The molecule has 3 saturated heterocycles. The molecule has 3 fully saturated rings. The standard InChI is InChI=1S/C26H35F3N6O4S/c1-17-14-34(15-18(2)31-17)20-3-5-22(6-4-20)40(36,37)35-10-7-19(8-11-35)32-25-30-13-23(26(27,28)29)24(33-25)39-21-9-12-38-16-21/h3-6,13,17-19,21,31H,7-12,14-16H2,1-2H3,(H,30,32,33)/t17-,18+,21-/m0/s1. The molecule has 2 N–H and O–H groups in total. The van der Waals surface area contributed by atoms with Crippen molar-refractivity contribution in [1.82, 2.24) is 19.6 Å². The molecule has 2 aromatic rings. The number of piperazine rings is 1. The van der Waals surface area contributed by atoms with Gasteiger partial charge in [0.15, 0.2) is 0 Å². The molecule has 0 saturated carbocycles. The van der Waals surface area contributed by atoms with Gasteiger partial charge in [-0.2, -0.15) is 22.5 Å². The van der Waals surface area contributed by atoms with E-state index in [1.807, 2.05) is 12.1 Å². The average molecular weight is 585 g/mol. The Hall–Kier alpha value is -2.68. The van der Waals surface area contributed by atoms with E-state index >= 15 is 0 Å². The monoisotopic (exact) mass is 584 g/mol. The number of ether oxygens (including phenoxy) is 2. The summed E-state index contributed by atoms with van der Waals surface area (Å²) in [4.78, 5) is 10.4. The van der Waals surface area contributed by atoms with Gasteiger partial charge in [-0.25, -0.2) is 13.4 Å². The van der Waals surface area contributed by atoms with Gasteiger partial charge >= 0.3 is 6.18 Å². The third-order valence-electron chi connectivity index (χ3n) is 7.41. The molecule has 4 heterocycles. The Balaban J connectivity index is 1.20. The maximum absolute atomic E-state index is 13.5. The number of rotatable bonds is 7. The van der Waals surface area contributed by atoms with Gasteiger partial charge in [0.2, 0.25) is 21.9 Å². The highest BCUT2D eigenvalue weighted by atomic mass is 32.2. The molecule has 0 unspecified atom stereocenters. The van der Waals surface area contributed by atoms with Crippen molar-refractivity contribution in [1.29, 1.82) is 0 Å². The first-order chi connectivity index (χ1) is 19.0. The zero-order chi connectivity index (χ0) is 28.5. The van der Waals surface area contributed by atoms with Crippen molar-refractivity contribution in [2.24, 2.45) is 0 Å². The van der Waals surface area contributed by atoms with Crippen LogP contribution in [-0.2, 0) is 20.9 Å². The van der Waals surface area contributed by atoms with E-state index < -0.39 is 33.7 Å². The second-order valence-corrected chi connectivity index (χ2v) is 12.6. The lowest BCUT2D eigenvalue weighted by Gasteiger charge is -2.37. The quantitative estimate of drug-likeness (QED) is 0.508. The van der Waals surface area contributed by atoms with Crippen LogP contribution in [0.15, 0.2) is 35.4 Å². The molecule has 3 atom stereocenters. The van der Waals surface area contributed by atoms with Crippen molar-refractivity contribution in [3.8, 4) is 5.88 Å². The highest BCUT2D eigenvalue weighted by Crippen LogP contribution is 2.36. The van der Waals surface area contributed by atoms with Crippen LogP contribution in [0.2, 0.25) is 0 Å². The molecule has 10 nitrogen and oxygen atoms in total. The Bertz CT molecular complexity index is 1260. The molecule has 3 aliphatic heterocycles. The fourth-order valence-corrected chi connectivity index (χ4v) is 6.89. The SMILES string of the molecule is C[C@@H]1CN(c2ccc(S(=O)(=O)N3CCC(Nc4ncc(C(F)(F)F)c(O[C@H]5CCOC5)n4)CC3)cc2)C[C@H](C)N1. The zero-order valence-electron chi connectivity index (χ0n) is 22.5. The first kappa shape index (κ1) is 28.8. The van der Waals surface area contributed by atoms with Crippen LogP contribution in [0.25, 0.3) is 0 Å². The lowest BCUT2D eigenvalue weighted by Crippen LogP contribution is -2.54. The molecule has 1 aromatic heterocycles. The number of hydrogen-bond donors (Lipinski definition) is 2. The van der Waals surface area contributed by atoms with Crippen LogP contribution in [0.1, 0.15) is 38.7 Å². The molecule has 0 radical (unpaired) electrons. The normalized spacial score (nSPS) is 25.2. The Kier molecular flexibility index (Phi) is 8.41. The first-order valence-electron chi connectivity index (χ1n) is 13.6. The molecule has 14 heteroatoms. The maximum Gasteiger partial charge on any atom is 0.423 e. The molecule has 5 rings (SSSR count). The fraction of sp³-hybridized carbons (Fsp3) is 0.615. The number of aromatic nitrogens is 2. The fourth-order valence-electron chi connectivity index (χ4n) is 5.42. The topological polar surface area (TPSA) is 109 Å². The number of hydrogen-bond acceptors (Lipinski definition) is 9. The van der Waals surface area contributed by atoms with E-state index in [-0.39, 0.29) is 36.6 Å². The largest absolute Gasteiger partial charge is 0.471 e. The minimum Gasteiger partial charge on any atom is -0.471 e. The summed E-state index contributed by atoms with van der Waals surface area (Å²) >= 11 is 0. The van der Waals surface area contributed by atoms with E-state index in [9.17, 15) is 21.6 Å². The predicted octanol–water partition coefficient (Wildman–Crippen LogP) is 3.11. The Morgan fingerprint density at radius 2 is 1.75 bits per heavy atom. The Morgan fingerprint density at radius 3 is 2.35 bits per heavy atom. The van der Waals surface area contributed by atoms with Crippen molar-refractivity contribution in [3.05, 3.63) is 36.0 Å². The lowest BCUT2D eigenvalue weighted by atomic mass is 10.1. The highest BCUT2D eigenvalue weighted by Gasteiger charge is 2.38. The van der Waals surface area contributed by atoms with E-state index in [1.54, 1.807) is 12.1 Å². The summed E-state index contributed by atoms with van der Waals surface area (Å²) < 4.78 is 79.2. The average Bonchev–Trinajstić information content (AvgIpc) is 3.41. The maximum atomic E-state index is 13.5. The minimum absolute atomic E-state index is 0.00959. The molecule has 0 amide bonds. The van der Waals surface area contributed by atoms with Crippen LogP contribution in [0.5, 0.6) is 5.88 Å². The molecule has 0 spiro atoms. The van der Waals surface area contributed by atoms with Gasteiger partial charge in [0.25, 0.3) is 0 Å². The number of anilines is 2. The first-order valence-corrected chi connectivity index (χ1v) is 15.0. The summed E-state index contributed by atoms with van der Waals surface area (Å²) in [5.41, 5.74) is -0.0553. The summed E-state index contributed by atoms with van der Waals surface area (Å²) in [6.07, 6.45) is -3.07. The summed E-state index contributed by atoms with van der Waals surface area (Å²) in [5.74, 6) is -0.524. The van der Waals surface area contributed by atoms with Gasteiger partial charge in [-0.15, -0.1) is 0 Å². The molecular formula is C26H35F3N6O4S. The van der Waals surface area contributed by atoms with E-state index in [2.05, 4.69) is 39.3 Å². The van der Waals surface area contributed by atoms with Gasteiger partial charge < -0.3 is 25.0 Å². The molecule has 1 aromatic carbocycles. The lowest BCUT2D eigenvalue weighted by molar-refractivity contribution is -0.139. The Labute approximate surface area is 232 Å². The smallest absolute Gasteiger partial charge is 0.423 e. The number of halogens is 3. The minimum atomic E-state index is -4.66. The third kappa shape index (κ3) is 6.61. The van der Waals surface area contributed by atoms with Crippen molar-refractivity contribution < 1.29 is 31.1 Å². The van der Waals surface area contributed by atoms with Crippen LogP contribution in [0, 0.1) is 0 Å². The predicted molar refractivity (Wildman–Crippen MR) is 143 cm³/mol. The van der Waals surface area contributed by atoms with Gasteiger partial charge in [-0.3, -0.25) is 0 Å². The number of piperidine rings is 1. The van der Waals surface area contributed by atoms with Crippen LogP contribution in [-0.4, -0.2) is 86.3 Å². The van der Waals surface area contributed by atoms with Crippen LogP contribution >= 0.6 is 0 Å². The van der Waals surface area contributed by atoms with Gasteiger partial charge in [-0.1, -0.05) is 0 Å². The highest BCUT2D eigenvalue weighted by molar-refractivity contribution is 7.89. The number of nitrogens with zero attached hydrogens (tertiary/aromatic N) is 4. The molecule has 220 valence electrons. The second-order valence-electron chi connectivity index (χ2n) is 10.7. The van der Waals surface area contributed by atoms with E-state index in [1.165, 1.54) is 4.31 Å². The van der Waals surface area contributed by atoms with Gasteiger partial charge in [-0.05, 0) is 51.0 Å². The number of benzene rings is 1. The summed E-state index contributed by atoms with van der Waals surface area (Å²) in [6, 6.07) is 7.49. The zero-order valence-corrected chi connectivity index (χ0v) is 23.3. The number of alkyl halides is 3.